The second-order valence-corrected chi connectivity index (χ2v) is 13.4. The maximum absolute atomic E-state index is 13.9. The van der Waals surface area contributed by atoms with Crippen LogP contribution in [0.15, 0.2) is 121 Å². The van der Waals surface area contributed by atoms with E-state index in [4.69, 9.17) is 51.1 Å². The summed E-state index contributed by atoms with van der Waals surface area (Å²) in [6.45, 7) is 0. The minimum Gasteiger partial charge on any atom is -0.442 e. The van der Waals surface area contributed by atoms with Gasteiger partial charge in [0.1, 0.15) is 0 Å². The molecule has 4 nitrogen and oxygen atoms in total. The second kappa shape index (κ2) is 13.7. The zero-order valence-electron chi connectivity index (χ0n) is 26.8. The average molecular weight is 715 g/mol. The van der Waals surface area contributed by atoms with Gasteiger partial charge in [0.2, 0.25) is 0 Å². The van der Waals surface area contributed by atoms with Gasteiger partial charge in [-0.3, -0.25) is 0 Å². The number of halogens is 4. The number of hydrogen-bond donors (Lipinski definition) is 0. The summed E-state index contributed by atoms with van der Waals surface area (Å²) < 4.78 is 6.47. The number of carbonyl (C=O) groups excluding carboxylic acids is 1. The predicted molar refractivity (Wildman–Crippen MR) is 202 cm³/mol. The van der Waals surface area contributed by atoms with Crippen LogP contribution in [0.25, 0.3) is 11.1 Å². The normalized spacial score (nSPS) is 16.0. The van der Waals surface area contributed by atoms with Crippen molar-refractivity contribution in [3.63, 3.8) is 0 Å². The highest BCUT2D eigenvalue weighted by Gasteiger charge is 2.48. The molecule has 0 atom stereocenters. The van der Waals surface area contributed by atoms with Crippen LogP contribution in [0, 0.1) is 0 Å². The van der Waals surface area contributed by atoms with E-state index in [-0.39, 0.29) is 25.7 Å². The van der Waals surface area contributed by atoms with Crippen LogP contribution in [0.4, 0.5) is 11.4 Å². The van der Waals surface area contributed by atoms with Crippen molar-refractivity contribution in [3.8, 4) is 0 Å². The summed E-state index contributed by atoms with van der Waals surface area (Å²) >= 11 is 27.0. The van der Waals surface area contributed by atoms with Crippen LogP contribution in [0.5, 0.6) is 0 Å². The molecule has 0 spiro atoms. The molecule has 5 aromatic rings. The van der Waals surface area contributed by atoms with E-state index in [1.807, 2.05) is 159 Å². The number of hydrogen-bond acceptors (Lipinski definition) is 4. The summed E-state index contributed by atoms with van der Waals surface area (Å²) in [4.78, 5) is 18.0. The molecule has 0 N–H and O–H groups in total. The molecule has 1 aliphatic rings. The topological polar surface area (TPSA) is 32.8 Å². The van der Waals surface area contributed by atoms with Gasteiger partial charge >= 0.3 is 5.97 Å². The molecule has 0 saturated heterocycles. The lowest BCUT2D eigenvalue weighted by atomic mass is 9.83. The Morgan fingerprint density at radius 2 is 0.917 bits per heavy atom. The molecule has 5 aromatic carbocycles. The fourth-order valence-corrected chi connectivity index (χ4v) is 6.98. The van der Waals surface area contributed by atoms with E-state index in [0.717, 1.165) is 44.8 Å². The summed E-state index contributed by atoms with van der Waals surface area (Å²) in [6, 6.07) is 36.2. The fraction of sp³-hybridized carbons (Fsp3) is 0.125. The van der Waals surface area contributed by atoms with E-state index < -0.39 is 11.6 Å². The minimum absolute atomic E-state index is 0.00657. The first-order valence-corrected chi connectivity index (χ1v) is 16.7. The Labute approximate surface area is 301 Å². The Kier molecular flexibility index (Phi) is 9.64. The highest BCUT2D eigenvalue weighted by molar-refractivity contribution is 6.53. The van der Waals surface area contributed by atoms with E-state index in [0.29, 0.717) is 5.56 Å². The van der Waals surface area contributed by atoms with Crippen molar-refractivity contribution in [1.82, 2.24) is 0 Å². The van der Waals surface area contributed by atoms with Crippen molar-refractivity contribution in [2.75, 3.05) is 38.0 Å². The van der Waals surface area contributed by atoms with Crippen LogP contribution in [0.3, 0.4) is 0 Å². The lowest BCUT2D eigenvalue weighted by Crippen LogP contribution is -2.23. The number of nitrogens with zero attached hydrogens (tertiary/aromatic N) is 2. The molecule has 0 aromatic heterocycles. The van der Waals surface area contributed by atoms with Gasteiger partial charge in [-0.25, -0.2) is 4.79 Å². The number of anilines is 2. The predicted octanol–water partition coefficient (Wildman–Crippen LogP) is 11.1. The van der Waals surface area contributed by atoms with Crippen molar-refractivity contribution in [2.45, 2.75) is 5.60 Å². The van der Waals surface area contributed by atoms with Crippen LogP contribution >= 0.6 is 46.4 Å². The van der Waals surface area contributed by atoms with Gasteiger partial charge in [0.25, 0.3) is 0 Å². The van der Waals surface area contributed by atoms with Gasteiger partial charge in [0.15, 0.2) is 5.60 Å². The number of fused-ring (bicyclic) bond motifs is 1. The van der Waals surface area contributed by atoms with Crippen LogP contribution in [-0.4, -0.2) is 34.2 Å². The fourth-order valence-electron chi connectivity index (χ4n) is 5.90. The lowest BCUT2D eigenvalue weighted by molar-refractivity contribution is 0.0300. The van der Waals surface area contributed by atoms with Crippen molar-refractivity contribution in [2.24, 2.45) is 0 Å². The first-order chi connectivity index (χ1) is 23.0. The molecule has 0 radical (unpaired) electrons. The van der Waals surface area contributed by atoms with E-state index in [1.54, 1.807) is 0 Å². The van der Waals surface area contributed by atoms with Gasteiger partial charge in [0.05, 0.1) is 25.7 Å². The number of carbonyl (C=O) groups is 1. The number of rotatable bonds is 8. The number of benzene rings is 5. The zero-order valence-corrected chi connectivity index (χ0v) is 29.8. The third-order valence-electron chi connectivity index (χ3n) is 8.40. The van der Waals surface area contributed by atoms with Crippen LogP contribution in [0.1, 0.15) is 38.2 Å². The van der Waals surface area contributed by atoms with Gasteiger partial charge in [-0.1, -0.05) is 131 Å². The smallest absolute Gasteiger partial charge is 0.341 e. The lowest BCUT2D eigenvalue weighted by Gasteiger charge is -2.27. The average Bonchev–Trinajstić information content (AvgIpc) is 3.39. The third-order valence-corrected chi connectivity index (χ3v) is 10.2. The molecule has 0 unspecified atom stereocenters. The van der Waals surface area contributed by atoms with Crippen molar-refractivity contribution < 1.29 is 9.53 Å². The minimum atomic E-state index is -1.56. The van der Waals surface area contributed by atoms with E-state index in [9.17, 15) is 4.79 Å². The molecular weight excluding hydrogens is 682 g/mol. The zero-order chi connectivity index (χ0) is 34.2. The highest BCUT2D eigenvalue weighted by Crippen LogP contribution is 2.53. The largest absolute Gasteiger partial charge is 0.442 e. The monoisotopic (exact) mass is 712 g/mol. The third kappa shape index (κ3) is 6.34. The number of cyclic esters (lactones) is 1. The Balaban J connectivity index is 1.73. The second-order valence-electron chi connectivity index (χ2n) is 11.9. The van der Waals surface area contributed by atoms with E-state index in [2.05, 4.69) is 0 Å². The number of esters is 1. The van der Waals surface area contributed by atoms with E-state index >= 15 is 0 Å². The van der Waals surface area contributed by atoms with Crippen molar-refractivity contribution >= 4 is 74.9 Å². The first kappa shape index (κ1) is 33.7. The molecule has 6 rings (SSSR count). The Hall–Kier alpha value is -4.19. The SMILES string of the molecule is CN(C)c1ccc(C(=CC2(C=C(c3ccccc3)c3ccc(N(C)C)cc3)OC(=O)c3c(Cl)c(Cl)c(Cl)c(Cl)c32)c2ccccc2)cc1. The van der Waals surface area contributed by atoms with Crippen molar-refractivity contribution in [1.29, 1.82) is 0 Å². The molecule has 48 heavy (non-hydrogen) atoms. The Bertz CT molecular complexity index is 1930. The molecule has 1 aliphatic heterocycles. The van der Waals surface area contributed by atoms with Crippen molar-refractivity contribution in [3.05, 3.63) is 175 Å². The summed E-state index contributed by atoms with van der Waals surface area (Å²) in [5.74, 6) is -0.659. The van der Waals surface area contributed by atoms with Gasteiger partial charge in [-0.15, -0.1) is 0 Å². The molecule has 0 saturated carbocycles. The maximum atomic E-state index is 13.9. The highest BCUT2D eigenvalue weighted by atomic mass is 35.5. The van der Waals surface area contributed by atoms with E-state index in [1.165, 1.54) is 0 Å². The van der Waals surface area contributed by atoms with Crippen LogP contribution < -0.4 is 9.80 Å². The van der Waals surface area contributed by atoms with Crippen LogP contribution in [0.2, 0.25) is 20.1 Å². The molecule has 0 bridgehead atoms. The molecule has 242 valence electrons. The quantitative estimate of drug-likeness (QED) is 0.0910. The molecule has 0 amide bonds. The standard InChI is InChI=1S/C40H32Cl4N2O2/c1-45(2)29-19-15-27(16-20-29)31(25-11-7-5-8-12-25)23-40(34-33(39(47)48-40)35(41)37(43)38(44)36(34)42)24-32(26-13-9-6-10-14-26)28-17-21-30(22-18-28)46(3)4/h5-24H,1-4H3. The van der Waals surface area contributed by atoms with Gasteiger partial charge in [0, 0.05) is 45.1 Å². The summed E-state index contributed by atoms with van der Waals surface area (Å²) in [5, 5.41) is 0.112. The number of ether oxygens (including phenoxy) is 1. The first-order valence-electron chi connectivity index (χ1n) is 15.2. The Morgan fingerprint density at radius 1 is 0.542 bits per heavy atom. The molecule has 0 fully saturated rings. The van der Waals surface area contributed by atoms with Gasteiger partial charge < -0.3 is 14.5 Å². The molecular formula is C40H32Cl4N2O2. The van der Waals surface area contributed by atoms with Crippen LogP contribution in [-0.2, 0) is 10.3 Å². The van der Waals surface area contributed by atoms with Gasteiger partial charge in [-0.2, -0.15) is 0 Å². The summed E-state index contributed by atoms with van der Waals surface area (Å²) in [6.07, 6.45) is 3.86. The Morgan fingerprint density at radius 3 is 1.31 bits per heavy atom. The molecule has 1 heterocycles. The summed E-state index contributed by atoms with van der Waals surface area (Å²) in [7, 11) is 7.98. The molecule has 0 aliphatic carbocycles. The maximum Gasteiger partial charge on any atom is 0.341 e. The van der Waals surface area contributed by atoms with Gasteiger partial charge in [-0.05, 0) is 69.8 Å². The molecule has 8 heteroatoms. The summed E-state index contributed by atoms with van der Waals surface area (Å²) in [5.41, 5.74) is 6.18.